The van der Waals surface area contributed by atoms with E-state index in [1.807, 2.05) is 24.3 Å². The third kappa shape index (κ3) is 2.97. The zero-order valence-corrected chi connectivity index (χ0v) is 10.3. The topological polar surface area (TPSA) is 20.3 Å². The molecule has 16 heavy (non-hydrogen) atoms. The van der Waals surface area contributed by atoms with Crippen LogP contribution in [-0.4, -0.2) is 22.7 Å². The standard InChI is InChI=1S/C12H13Cl2NO/c13-10-3-1-9(2-4-10)8-15-6-5-11(16)7-12(15)14/h1-4,12H,5-8H2. The lowest BCUT2D eigenvalue weighted by Gasteiger charge is -2.30. The van der Waals surface area contributed by atoms with Gasteiger partial charge in [0, 0.05) is 31.0 Å². The predicted octanol–water partition coefficient (Wildman–Crippen LogP) is 3.07. The maximum Gasteiger partial charge on any atom is 0.136 e. The van der Waals surface area contributed by atoms with Crippen LogP contribution in [0.5, 0.6) is 0 Å². The van der Waals surface area contributed by atoms with Gasteiger partial charge in [0.25, 0.3) is 0 Å². The SMILES string of the molecule is O=C1CCN(Cc2ccc(Cl)cc2)C(Cl)C1. The van der Waals surface area contributed by atoms with Gasteiger partial charge in [-0.1, -0.05) is 23.7 Å². The molecule has 0 saturated carbocycles. The van der Waals surface area contributed by atoms with Crippen molar-refractivity contribution in [2.75, 3.05) is 6.54 Å². The second kappa shape index (κ2) is 5.17. The monoisotopic (exact) mass is 257 g/mol. The number of rotatable bonds is 2. The highest BCUT2D eigenvalue weighted by Gasteiger charge is 2.24. The van der Waals surface area contributed by atoms with Crippen LogP contribution in [0.4, 0.5) is 0 Å². The third-order valence-electron chi connectivity index (χ3n) is 2.77. The van der Waals surface area contributed by atoms with E-state index in [1.54, 1.807) is 0 Å². The van der Waals surface area contributed by atoms with E-state index in [0.29, 0.717) is 12.8 Å². The largest absolute Gasteiger partial charge is 0.300 e. The number of likely N-dealkylation sites (tertiary alicyclic amines) is 1. The maximum absolute atomic E-state index is 11.2. The molecule has 2 nitrogen and oxygen atoms in total. The van der Waals surface area contributed by atoms with Crippen molar-refractivity contribution in [1.82, 2.24) is 4.90 Å². The van der Waals surface area contributed by atoms with Crippen molar-refractivity contribution < 1.29 is 4.79 Å². The molecular formula is C12H13Cl2NO. The first kappa shape index (κ1) is 11.9. The van der Waals surface area contributed by atoms with E-state index in [2.05, 4.69) is 4.90 Å². The second-order valence-corrected chi connectivity index (χ2v) is 4.96. The van der Waals surface area contributed by atoms with Gasteiger partial charge in [-0.25, -0.2) is 0 Å². The summed E-state index contributed by atoms with van der Waals surface area (Å²) in [5, 5.41) is 0.736. The van der Waals surface area contributed by atoms with E-state index >= 15 is 0 Å². The number of benzene rings is 1. The summed E-state index contributed by atoms with van der Waals surface area (Å²) in [6, 6.07) is 7.72. The molecule has 0 radical (unpaired) electrons. The molecule has 4 heteroatoms. The van der Waals surface area contributed by atoms with Crippen molar-refractivity contribution in [3.63, 3.8) is 0 Å². The van der Waals surface area contributed by atoms with Crippen molar-refractivity contribution in [3.05, 3.63) is 34.9 Å². The molecule has 86 valence electrons. The van der Waals surface area contributed by atoms with Crippen LogP contribution in [-0.2, 0) is 11.3 Å². The molecule has 0 amide bonds. The second-order valence-electron chi connectivity index (χ2n) is 4.02. The average molecular weight is 258 g/mol. The van der Waals surface area contributed by atoms with Gasteiger partial charge in [-0.3, -0.25) is 9.69 Å². The number of alkyl halides is 1. The van der Waals surface area contributed by atoms with Crippen LogP contribution < -0.4 is 0 Å². The minimum absolute atomic E-state index is 0.170. The fourth-order valence-electron chi connectivity index (χ4n) is 1.83. The fraction of sp³-hybridized carbons (Fsp3) is 0.417. The maximum atomic E-state index is 11.2. The number of carbonyl (C=O) groups is 1. The number of Topliss-reactive ketones (excluding diaryl/α,β-unsaturated/α-hetero) is 1. The smallest absolute Gasteiger partial charge is 0.136 e. The van der Waals surface area contributed by atoms with Gasteiger partial charge in [-0.2, -0.15) is 0 Å². The Morgan fingerprint density at radius 3 is 2.62 bits per heavy atom. The average Bonchev–Trinajstić information content (AvgIpc) is 2.25. The quantitative estimate of drug-likeness (QED) is 0.600. The van der Waals surface area contributed by atoms with Crippen LogP contribution in [0.1, 0.15) is 18.4 Å². The van der Waals surface area contributed by atoms with Gasteiger partial charge in [0.15, 0.2) is 0 Å². The van der Waals surface area contributed by atoms with Crippen LogP contribution in [0.25, 0.3) is 0 Å². The Kier molecular flexibility index (Phi) is 3.85. The van der Waals surface area contributed by atoms with Crippen molar-refractivity contribution >= 4 is 29.0 Å². The molecule has 2 rings (SSSR count). The molecule has 0 bridgehead atoms. The van der Waals surface area contributed by atoms with Crippen LogP contribution in [0.15, 0.2) is 24.3 Å². The van der Waals surface area contributed by atoms with Crippen LogP contribution in [0.3, 0.4) is 0 Å². The summed E-state index contributed by atoms with van der Waals surface area (Å²) in [5.41, 5.74) is 1.00. The van der Waals surface area contributed by atoms with Crippen LogP contribution in [0.2, 0.25) is 5.02 Å². The summed E-state index contributed by atoms with van der Waals surface area (Å²) in [6.07, 6.45) is 1.06. The summed E-state index contributed by atoms with van der Waals surface area (Å²) >= 11 is 12.0. The molecule has 1 atom stereocenters. The number of halogens is 2. The molecule has 0 aromatic heterocycles. The Balaban J connectivity index is 1.99. The Morgan fingerprint density at radius 1 is 1.31 bits per heavy atom. The number of hydrogen-bond acceptors (Lipinski definition) is 2. The van der Waals surface area contributed by atoms with Gasteiger partial charge in [-0.05, 0) is 17.7 Å². The van der Waals surface area contributed by atoms with Crippen LogP contribution >= 0.6 is 23.2 Å². The molecule has 1 fully saturated rings. The Morgan fingerprint density at radius 2 is 2.00 bits per heavy atom. The van der Waals surface area contributed by atoms with E-state index in [9.17, 15) is 4.79 Å². The summed E-state index contributed by atoms with van der Waals surface area (Å²) in [5.74, 6) is 0.257. The molecule has 1 aromatic carbocycles. The summed E-state index contributed by atoms with van der Waals surface area (Å²) in [7, 11) is 0. The number of carbonyl (C=O) groups excluding carboxylic acids is 1. The minimum Gasteiger partial charge on any atom is -0.300 e. The first-order valence-corrected chi connectivity index (χ1v) is 6.11. The number of piperidine rings is 1. The van der Waals surface area contributed by atoms with Crippen LogP contribution in [0, 0.1) is 0 Å². The summed E-state index contributed by atoms with van der Waals surface area (Å²) in [6.45, 7) is 1.52. The van der Waals surface area contributed by atoms with Gasteiger partial charge in [0.2, 0.25) is 0 Å². The summed E-state index contributed by atoms with van der Waals surface area (Å²) < 4.78 is 0. The van der Waals surface area contributed by atoms with E-state index < -0.39 is 0 Å². The zero-order chi connectivity index (χ0) is 11.5. The summed E-state index contributed by atoms with van der Waals surface area (Å²) in [4.78, 5) is 13.3. The number of hydrogen-bond donors (Lipinski definition) is 0. The highest BCUT2D eigenvalue weighted by Crippen LogP contribution is 2.20. The molecular weight excluding hydrogens is 245 g/mol. The molecule has 1 saturated heterocycles. The molecule has 1 aliphatic heterocycles. The lowest BCUT2D eigenvalue weighted by molar-refractivity contribution is -0.122. The van der Waals surface area contributed by atoms with Crippen molar-refractivity contribution in [3.8, 4) is 0 Å². The predicted molar refractivity (Wildman–Crippen MR) is 65.7 cm³/mol. The molecule has 1 aliphatic rings. The lowest BCUT2D eigenvalue weighted by atomic mass is 10.1. The Labute approximate surface area is 105 Å². The van der Waals surface area contributed by atoms with Gasteiger partial charge in [0.05, 0.1) is 5.50 Å². The number of nitrogens with zero attached hydrogens (tertiary/aromatic N) is 1. The van der Waals surface area contributed by atoms with Gasteiger partial charge < -0.3 is 0 Å². The van der Waals surface area contributed by atoms with E-state index in [0.717, 1.165) is 18.1 Å². The zero-order valence-electron chi connectivity index (χ0n) is 8.83. The van der Waals surface area contributed by atoms with E-state index in [4.69, 9.17) is 23.2 Å². The van der Waals surface area contributed by atoms with Gasteiger partial charge in [0.1, 0.15) is 5.78 Å². The van der Waals surface area contributed by atoms with Crippen molar-refractivity contribution in [2.45, 2.75) is 24.9 Å². The van der Waals surface area contributed by atoms with Gasteiger partial charge in [-0.15, -0.1) is 11.6 Å². The lowest BCUT2D eigenvalue weighted by Crippen LogP contribution is -2.38. The first-order chi connectivity index (χ1) is 7.65. The Bertz CT molecular complexity index is 377. The molecule has 0 aliphatic carbocycles. The third-order valence-corrected chi connectivity index (χ3v) is 3.45. The highest BCUT2D eigenvalue weighted by atomic mass is 35.5. The fourth-order valence-corrected chi connectivity index (χ4v) is 2.29. The molecule has 1 unspecified atom stereocenters. The van der Waals surface area contributed by atoms with E-state index in [1.165, 1.54) is 5.56 Å². The van der Waals surface area contributed by atoms with Gasteiger partial charge >= 0.3 is 0 Å². The van der Waals surface area contributed by atoms with Crippen molar-refractivity contribution in [2.24, 2.45) is 0 Å². The van der Waals surface area contributed by atoms with E-state index in [-0.39, 0.29) is 11.3 Å². The molecule has 1 aromatic rings. The Hall–Kier alpha value is -0.570. The normalized spacial score (nSPS) is 22.4. The first-order valence-electron chi connectivity index (χ1n) is 5.29. The number of ketones is 1. The minimum atomic E-state index is -0.170. The highest BCUT2D eigenvalue weighted by molar-refractivity contribution is 6.30. The molecule has 0 spiro atoms. The van der Waals surface area contributed by atoms with Crippen molar-refractivity contribution in [1.29, 1.82) is 0 Å². The molecule has 0 N–H and O–H groups in total. The molecule has 1 heterocycles.